The molecule has 0 atom stereocenters. The van der Waals surface area contributed by atoms with Crippen LogP contribution < -0.4 is 14.2 Å². The summed E-state index contributed by atoms with van der Waals surface area (Å²) in [7, 11) is 4.59. The maximum Gasteiger partial charge on any atom is 0.340 e. The molecule has 0 aliphatic rings. The lowest BCUT2D eigenvalue weighted by molar-refractivity contribution is 0.0693. The van der Waals surface area contributed by atoms with E-state index in [1.54, 1.807) is 44.6 Å². The highest BCUT2D eigenvalue weighted by atomic mass is 16.5. The molecule has 2 rings (SSSR count). The van der Waals surface area contributed by atoms with Gasteiger partial charge < -0.3 is 19.3 Å². The molecule has 0 aliphatic heterocycles. The quantitative estimate of drug-likeness (QED) is 0.826. The molecule has 0 bridgehead atoms. The summed E-state index contributed by atoms with van der Waals surface area (Å²) in [6.07, 6.45) is 3.54. The van der Waals surface area contributed by atoms with Crippen LogP contribution in [0.25, 0.3) is 12.2 Å². The van der Waals surface area contributed by atoms with Gasteiger partial charge in [0.05, 0.1) is 21.3 Å². The molecule has 120 valence electrons. The maximum absolute atomic E-state index is 11.4. The van der Waals surface area contributed by atoms with Gasteiger partial charge in [-0.3, -0.25) is 0 Å². The second-order valence-corrected chi connectivity index (χ2v) is 4.68. The van der Waals surface area contributed by atoms with Crippen LogP contribution in [0.15, 0.2) is 36.4 Å². The van der Waals surface area contributed by atoms with Crippen LogP contribution in [0.2, 0.25) is 0 Å². The molecule has 0 unspecified atom stereocenters. The Morgan fingerprint density at radius 3 is 2.22 bits per heavy atom. The highest BCUT2D eigenvalue weighted by Crippen LogP contribution is 2.29. The zero-order chi connectivity index (χ0) is 16.8. The van der Waals surface area contributed by atoms with E-state index in [0.29, 0.717) is 22.8 Å². The Hall–Kier alpha value is -2.95. The van der Waals surface area contributed by atoms with Gasteiger partial charge in [-0.05, 0) is 29.3 Å². The summed E-state index contributed by atoms with van der Waals surface area (Å²) in [6.45, 7) is 0. The Bertz CT molecular complexity index is 734. The van der Waals surface area contributed by atoms with Crippen LogP contribution in [-0.4, -0.2) is 32.4 Å². The molecule has 0 saturated heterocycles. The second-order valence-electron chi connectivity index (χ2n) is 4.68. The normalized spacial score (nSPS) is 10.6. The van der Waals surface area contributed by atoms with Gasteiger partial charge in [0.1, 0.15) is 11.3 Å². The second kappa shape index (κ2) is 7.35. The summed E-state index contributed by atoms with van der Waals surface area (Å²) in [5, 5.41) is 9.37. The number of aromatic carboxylic acids is 1. The molecular weight excluding hydrogens is 296 g/mol. The van der Waals surface area contributed by atoms with Crippen molar-refractivity contribution in [3.8, 4) is 17.2 Å². The van der Waals surface area contributed by atoms with Crippen LogP contribution in [0, 0.1) is 0 Å². The van der Waals surface area contributed by atoms with Crippen molar-refractivity contribution in [1.29, 1.82) is 0 Å². The van der Waals surface area contributed by atoms with E-state index < -0.39 is 5.97 Å². The molecule has 0 saturated carbocycles. The molecule has 0 amide bonds. The van der Waals surface area contributed by atoms with Gasteiger partial charge in [-0.15, -0.1) is 0 Å². The van der Waals surface area contributed by atoms with Crippen LogP contribution in [0.5, 0.6) is 17.2 Å². The van der Waals surface area contributed by atoms with Crippen molar-refractivity contribution in [2.24, 2.45) is 0 Å². The highest BCUT2D eigenvalue weighted by molar-refractivity contribution is 5.96. The summed E-state index contributed by atoms with van der Waals surface area (Å²) in [5.74, 6) is 0.539. The van der Waals surface area contributed by atoms with Crippen LogP contribution in [0.4, 0.5) is 0 Å². The lowest BCUT2D eigenvalue weighted by Crippen LogP contribution is -2.03. The molecule has 23 heavy (non-hydrogen) atoms. The SMILES string of the molecule is COc1ccc(/C=C/c2cccc(OC)c2C(=O)O)cc1OC. The van der Waals surface area contributed by atoms with E-state index in [1.165, 1.54) is 7.11 Å². The maximum atomic E-state index is 11.4. The van der Waals surface area contributed by atoms with E-state index in [-0.39, 0.29) is 5.56 Å². The minimum absolute atomic E-state index is 0.131. The first-order valence-corrected chi connectivity index (χ1v) is 6.91. The molecule has 0 spiro atoms. The number of benzene rings is 2. The Balaban J connectivity index is 2.39. The third-order valence-electron chi connectivity index (χ3n) is 3.36. The largest absolute Gasteiger partial charge is 0.496 e. The predicted molar refractivity (Wildman–Crippen MR) is 88.4 cm³/mol. The van der Waals surface area contributed by atoms with Gasteiger partial charge >= 0.3 is 5.97 Å². The smallest absolute Gasteiger partial charge is 0.340 e. The zero-order valence-corrected chi connectivity index (χ0v) is 13.2. The van der Waals surface area contributed by atoms with Gasteiger partial charge in [0.2, 0.25) is 0 Å². The van der Waals surface area contributed by atoms with Gasteiger partial charge in [-0.25, -0.2) is 4.79 Å². The van der Waals surface area contributed by atoms with Gasteiger partial charge in [0, 0.05) is 0 Å². The van der Waals surface area contributed by atoms with E-state index in [1.807, 2.05) is 18.2 Å². The van der Waals surface area contributed by atoms with Gasteiger partial charge in [-0.2, -0.15) is 0 Å². The number of methoxy groups -OCH3 is 3. The van der Waals surface area contributed by atoms with Gasteiger partial charge in [0.15, 0.2) is 11.5 Å². The molecule has 0 aromatic heterocycles. The first-order chi connectivity index (χ1) is 11.1. The number of hydrogen-bond donors (Lipinski definition) is 1. The predicted octanol–water partition coefficient (Wildman–Crippen LogP) is 3.58. The third-order valence-corrected chi connectivity index (χ3v) is 3.36. The fourth-order valence-corrected chi connectivity index (χ4v) is 2.23. The van der Waals surface area contributed by atoms with Crippen molar-refractivity contribution < 1.29 is 24.1 Å². The van der Waals surface area contributed by atoms with Crippen molar-refractivity contribution >= 4 is 18.1 Å². The lowest BCUT2D eigenvalue weighted by atomic mass is 10.0. The summed E-state index contributed by atoms with van der Waals surface area (Å²) < 4.78 is 15.6. The minimum Gasteiger partial charge on any atom is -0.496 e. The topological polar surface area (TPSA) is 65.0 Å². The molecule has 2 aromatic rings. The Kier molecular flexibility index (Phi) is 5.25. The Morgan fingerprint density at radius 2 is 1.61 bits per heavy atom. The van der Waals surface area contributed by atoms with Gasteiger partial charge in [0.25, 0.3) is 0 Å². The molecular formula is C18H18O5. The minimum atomic E-state index is -1.03. The average molecular weight is 314 g/mol. The lowest BCUT2D eigenvalue weighted by Gasteiger charge is -2.09. The van der Waals surface area contributed by atoms with Gasteiger partial charge in [-0.1, -0.05) is 30.4 Å². The number of rotatable bonds is 6. The monoisotopic (exact) mass is 314 g/mol. The van der Waals surface area contributed by atoms with E-state index in [2.05, 4.69) is 0 Å². The summed E-state index contributed by atoms with van der Waals surface area (Å²) in [5.41, 5.74) is 1.56. The molecule has 1 N–H and O–H groups in total. The molecule has 5 nitrogen and oxygen atoms in total. The van der Waals surface area contributed by atoms with E-state index in [9.17, 15) is 9.90 Å². The van der Waals surface area contributed by atoms with Crippen molar-refractivity contribution in [2.75, 3.05) is 21.3 Å². The van der Waals surface area contributed by atoms with Crippen LogP contribution in [0.3, 0.4) is 0 Å². The van der Waals surface area contributed by atoms with Crippen LogP contribution in [0.1, 0.15) is 21.5 Å². The average Bonchev–Trinajstić information content (AvgIpc) is 2.58. The number of carboxylic acids is 1. The van der Waals surface area contributed by atoms with E-state index in [0.717, 1.165) is 5.56 Å². The first-order valence-electron chi connectivity index (χ1n) is 6.91. The molecule has 0 aliphatic carbocycles. The molecule has 5 heteroatoms. The van der Waals surface area contributed by atoms with Crippen LogP contribution >= 0.6 is 0 Å². The summed E-state index contributed by atoms with van der Waals surface area (Å²) in [6, 6.07) is 10.6. The molecule has 0 heterocycles. The molecule has 2 aromatic carbocycles. The number of carboxylic acid groups (broad SMARTS) is 1. The number of carbonyl (C=O) groups is 1. The Labute approximate surface area is 134 Å². The molecule has 0 fully saturated rings. The number of ether oxygens (including phenoxy) is 3. The summed E-state index contributed by atoms with van der Waals surface area (Å²) in [4.78, 5) is 11.4. The standard InChI is InChI=1S/C18H18O5/c1-21-14-10-8-12(11-16(14)23-3)7-9-13-5-4-6-15(22-2)17(13)18(19)20/h4-11H,1-3H3,(H,19,20)/b9-7+. The van der Waals surface area contributed by atoms with Crippen molar-refractivity contribution in [3.63, 3.8) is 0 Å². The Morgan fingerprint density at radius 1 is 0.913 bits per heavy atom. The van der Waals surface area contributed by atoms with E-state index >= 15 is 0 Å². The number of hydrogen-bond acceptors (Lipinski definition) is 4. The van der Waals surface area contributed by atoms with E-state index in [4.69, 9.17) is 14.2 Å². The fraction of sp³-hybridized carbons (Fsp3) is 0.167. The summed E-state index contributed by atoms with van der Waals surface area (Å²) >= 11 is 0. The fourth-order valence-electron chi connectivity index (χ4n) is 2.23. The van der Waals surface area contributed by atoms with Crippen molar-refractivity contribution in [1.82, 2.24) is 0 Å². The third kappa shape index (κ3) is 3.63. The zero-order valence-electron chi connectivity index (χ0n) is 13.2. The highest BCUT2D eigenvalue weighted by Gasteiger charge is 2.14. The van der Waals surface area contributed by atoms with Crippen molar-refractivity contribution in [2.45, 2.75) is 0 Å². The first kappa shape index (κ1) is 16.4. The molecule has 0 radical (unpaired) electrons. The van der Waals surface area contributed by atoms with Crippen molar-refractivity contribution in [3.05, 3.63) is 53.1 Å². The van der Waals surface area contributed by atoms with Crippen LogP contribution in [-0.2, 0) is 0 Å².